The molecule has 1 aliphatic carbocycles. The highest BCUT2D eigenvalue weighted by Crippen LogP contribution is 2.35. The van der Waals surface area contributed by atoms with Crippen LogP contribution in [0.25, 0.3) is 0 Å². The van der Waals surface area contributed by atoms with E-state index in [9.17, 15) is 4.39 Å². The highest BCUT2D eigenvalue weighted by atomic mass is 19.1. The highest BCUT2D eigenvalue weighted by molar-refractivity contribution is 6.58. The molecule has 1 unspecified atom stereocenters. The van der Waals surface area contributed by atoms with Crippen LogP contribution in [-0.2, 0) is 6.54 Å². The van der Waals surface area contributed by atoms with Gasteiger partial charge in [0.1, 0.15) is 5.82 Å². The minimum atomic E-state index is -1.61. The Balaban J connectivity index is 2.04. The van der Waals surface area contributed by atoms with Crippen molar-refractivity contribution in [2.24, 2.45) is 5.92 Å². The van der Waals surface area contributed by atoms with Gasteiger partial charge in [-0.2, -0.15) is 0 Å². The van der Waals surface area contributed by atoms with Crippen molar-refractivity contribution in [2.75, 3.05) is 7.05 Å². The molecule has 1 fully saturated rings. The van der Waals surface area contributed by atoms with E-state index in [1.165, 1.54) is 18.9 Å². The smallest absolute Gasteiger partial charge is 0.423 e. The van der Waals surface area contributed by atoms with Crippen LogP contribution in [0.5, 0.6) is 0 Å². The van der Waals surface area contributed by atoms with Crippen LogP contribution in [0.1, 0.15) is 25.3 Å². The van der Waals surface area contributed by atoms with E-state index in [1.54, 1.807) is 12.1 Å². The van der Waals surface area contributed by atoms with E-state index in [-0.39, 0.29) is 11.3 Å². The maximum atomic E-state index is 13.8. The summed E-state index contributed by atoms with van der Waals surface area (Å²) in [6.07, 6.45) is 2.53. The molecule has 0 spiro atoms. The fourth-order valence-corrected chi connectivity index (χ4v) is 2.20. The molecule has 1 aromatic rings. The zero-order valence-electron chi connectivity index (χ0n) is 10.8. The normalized spacial score (nSPS) is 17.0. The van der Waals surface area contributed by atoms with Gasteiger partial charge in [-0.3, -0.25) is 4.90 Å². The van der Waals surface area contributed by atoms with Crippen molar-refractivity contribution in [3.8, 4) is 0 Å². The summed E-state index contributed by atoms with van der Waals surface area (Å²) >= 11 is 0. The predicted octanol–water partition coefficient (Wildman–Crippen LogP) is 0.736. The monoisotopic (exact) mass is 251 g/mol. The fourth-order valence-electron chi connectivity index (χ4n) is 2.20. The second-order valence-electron chi connectivity index (χ2n) is 5.22. The van der Waals surface area contributed by atoms with Gasteiger partial charge in [0, 0.05) is 18.2 Å². The summed E-state index contributed by atoms with van der Waals surface area (Å²) in [6, 6.07) is 4.83. The number of nitrogens with zero attached hydrogens (tertiary/aromatic N) is 1. The van der Waals surface area contributed by atoms with E-state index in [4.69, 9.17) is 10.0 Å². The topological polar surface area (TPSA) is 43.7 Å². The molecule has 18 heavy (non-hydrogen) atoms. The van der Waals surface area contributed by atoms with Crippen LogP contribution in [0, 0.1) is 11.7 Å². The number of benzene rings is 1. The molecule has 1 saturated carbocycles. The van der Waals surface area contributed by atoms with Gasteiger partial charge in [-0.15, -0.1) is 0 Å². The van der Waals surface area contributed by atoms with Crippen molar-refractivity contribution >= 4 is 12.6 Å². The highest BCUT2D eigenvalue weighted by Gasteiger charge is 2.30. The minimum Gasteiger partial charge on any atom is -0.423 e. The van der Waals surface area contributed by atoms with Crippen LogP contribution in [0.15, 0.2) is 18.2 Å². The third-order valence-corrected chi connectivity index (χ3v) is 3.79. The van der Waals surface area contributed by atoms with Crippen molar-refractivity contribution in [1.29, 1.82) is 0 Å². The average Bonchev–Trinajstić information content (AvgIpc) is 3.14. The van der Waals surface area contributed by atoms with Gasteiger partial charge in [0.25, 0.3) is 0 Å². The molecule has 0 aliphatic heterocycles. The van der Waals surface area contributed by atoms with E-state index >= 15 is 0 Å². The Kier molecular flexibility index (Phi) is 4.05. The zero-order valence-corrected chi connectivity index (χ0v) is 10.8. The summed E-state index contributed by atoms with van der Waals surface area (Å²) in [4.78, 5) is 2.14. The van der Waals surface area contributed by atoms with Crippen LogP contribution in [0.3, 0.4) is 0 Å². The Labute approximate surface area is 107 Å². The van der Waals surface area contributed by atoms with Crippen molar-refractivity contribution in [2.45, 2.75) is 32.4 Å². The Morgan fingerprint density at radius 1 is 1.44 bits per heavy atom. The van der Waals surface area contributed by atoms with E-state index in [0.29, 0.717) is 18.2 Å². The van der Waals surface area contributed by atoms with Gasteiger partial charge in [-0.05, 0) is 44.3 Å². The first-order valence-corrected chi connectivity index (χ1v) is 6.33. The van der Waals surface area contributed by atoms with Crippen molar-refractivity contribution in [3.05, 3.63) is 29.6 Å². The number of hydrogen-bond acceptors (Lipinski definition) is 3. The lowest BCUT2D eigenvalue weighted by atomic mass is 9.80. The summed E-state index contributed by atoms with van der Waals surface area (Å²) < 4.78 is 13.8. The first kappa shape index (κ1) is 13.5. The largest absolute Gasteiger partial charge is 0.488 e. The molecule has 1 aliphatic rings. The second kappa shape index (κ2) is 5.39. The van der Waals surface area contributed by atoms with Crippen molar-refractivity contribution < 1.29 is 14.4 Å². The lowest BCUT2D eigenvalue weighted by Gasteiger charge is -2.24. The van der Waals surface area contributed by atoms with Gasteiger partial charge in [0.2, 0.25) is 0 Å². The summed E-state index contributed by atoms with van der Waals surface area (Å²) in [6.45, 7) is 2.72. The van der Waals surface area contributed by atoms with E-state index in [1.807, 2.05) is 7.05 Å². The third kappa shape index (κ3) is 3.10. The first-order chi connectivity index (χ1) is 8.49. The molecule has 0 aromatic heterocycles. The lowest BCUT2D eigenvalue weighted by molar-refractivity contribution is 0.224. The molecule has 0 bridgehead atoms. The summed E-state index contributed by atoms with van der Waals surface area (Å²) in [7, 11) is 0.383. The maximum absolute atomic E-state index is 13.8. The zero-order chi connectivity index (χ0) is 13.3. The van der Waals surface area contributed by atoms with Gasteiger partial charge in [0.05, 0.1) is 0 Å². The van der Waals surface area contributed by atoms with Crippen LogP contribution in [0.4, 0.5) is 4.39 Å². The standard InChI is InChI=1S/C13H19BFNO2/c1-9(10-3-4-10)16(2)8-11-5-6-12(14(17)18)7-13(11)15/h5-7,9-10,17-18H,3-4,8H2,1-2H3. The van der Waals surface area contributed by atoms with E-state index in [2.05, 4.69) is 11.8 Å². The molecule has 2 rings (SSSR count). The van der Waals surface area contributed by atoms with E-state index < -0.39 is 7.12 Å². The molecule has 5 heteroatoms. The molecule has 1 aromatic carbocycles. The fraction of sp³-hybridized carbons (Fsp3) is 0.538. The quantitative estimate of drug-likeness (QED) is 0.758. The lowest BCUT2D eigenvalue weighted by Crippen LogP contribution is -2.32. The minimum absolute atomic E-state index is 0.189. The van der Waals surface area contributed by atoms with Gasteiger partial charge >= 0.3 is 7.12 Å². The second-order valence-corrected chi connectivity index (χ2v) is 5.22. The molecule has 0 saturated heterocycles. The van der Waals surface area contributed by atoms with Crippen LogP contribution < -0.4 is 5.46 Å². The number of rotatable bonds is 5. The molecule has 98 valence electrons. The number of hydrogen-bond donors (Lipinski definition) is 2. The SMILES string of the molecule is CC(C1CC1)N(C)Cc1ccc(B(O)O)cc1F. The van der Waals surface area contributed by atoms with Gasteiger partial charge in [0.15, 0.2) is 0 Å². The molecule has 1 atom stereocenters. The molecule has 0 amide bonds. The molecular weight excluding hydrogens is 232 g/mol. The first-order valence-electron chi connectivity index (χ1n) is 6.33. The van der Waals surface area contributed by atoms with Crippen LogP contribution in [-0.4, -0.2) is 35.2 Å². The predicted molar refractivity (Wildman–Crippen MR) is 69.9 cm³/mol. The van der Waals surface area contributed by atoms with Crippen LogP contribution >= 0.6 is 0 Å². The summed E-state index contributed by atoms with van der Waals surface area (Å²) in [5.74, 6) is 0.368. The van der Waals surface area contributed by atoms with Gasteiger partial charge < -0.3 is 10.0 Å². The third-order valence-electron chi connectivity index (χ3n) is 3.79. The Morgan fingerprint density at radius 2 is 2.11 bits per heavy atom. The molecule has 0 heterocycles. The van der Waals surface area contributed by atoms with Crippen molar-refractivity contribution in [3.63, 3.8) is 0 Å². The molecular formula is C13H19BFNO2. The van der Waals surface area contributed by atoms with Gasteiger partial charge in [-0.1, -0.05) is 12.1 Å². The summed E-state index contributed by atoms with van der Waals surface area (Å²) in [5, 5.41) is 17.9. The number of halogens is 1. The van der Waals surface area contributed by atoms with Crippen molar-refractivity contribution in [1.82, 2.24) is 4.90 Å². The Morgan fingerprint density at radius 3 is 2.61 bits per heavy atom. The van der Waals surface area contributed by atoms with E-state index in [0.717, 1.165) is 5.92 Å². The average molecular weight is 251 g/mol. The van der Waals surface area contributed by atoms with Gasteiger partial charge in [-0.25, -0.2) is 4.39 Å². The summed E-state index contributed by atoms with van der Waals surface area (Å²) in [5.41, 5.74) is 0.781. The Bertz CT molecular complexity index is 423. The Hall–Kier alpha value is -0.905. The molecule has 0 radical (unpaired) electrons. The molecule has 3 nitrogen and oxygen atoms in total. The molecule has 2 N–H and O–H groups in total. The van der Waals surface area contributed by atoms with Crippen LogP contribution in [0.2, 0.25) is 0 Å². The maximum Gasteiger partial charge on any atom is 0.488 e.